The highest BCUT2D eigenvalue weighted by Gasteiger charge is 2.41. The maximum absolute atomic E-state index is 13.4. The first kappa shape index (κ1) is 19.0. The standard InChI is InChI=1S/C21H21ClN2O3S/c1-23-18-11-10-16(22)14-17(18)19(15-8-4-2-5-9-15)20(28(23,26)27)21(25)24-12-6-3-7-13-24/h2,4-5,8-11,14H,3,6-7,12-13H2,1H3. The number of likely N-dealkylation sites (tertiary alicyclic amines) is 1. The van der Waals surface area contributed by atoms with Gasteiger partial charge in [0.1, 0.15) is 0 Å². The van der Waals surface area contributed by atoms with Crippen molar-refractivity contribution in [2.75, 3.05) is 24.4 Å². The average molecular weight is 417 g/mol. The number of halogens is 1. The van der Waals surface area contributed by atoms with Crippen LogP contribution in [0.1, 0.15) is 30.4 Å². The van der Waals surface area contributed by atoms with E-state index in [9.17, 15) is 13.2 Å². The summed E-state index contributed by atoms with van der Waals surface area (Å²) in [5.74, 6) is -0.434. The molecule has 146 valence electrons. The Kier molecular flexibility index (Phi) is 4.93. The van der Waals surface area contributed by atoms with E-state index in [1.54, 1.807) is 23.1 Å². The number of carbonyl (C=O) groups excluding carboxylic acids is 1. The van der Waals surface area contributed by atoms with Gasteiger partial charge in [-0.15, -0.1) is 0 Å². The van der Waals surface area contributed by atoms with Gasteiger partial charge in [-0.3, -0.25) is 9.10 Å². The molecule has 0 unspecified atom stereocenters. The summed E-state index contributed by atoms with van der Waals surface area (Å²) in [4.78, 5) is 14.9. The molecule has 4 rings (SSSR count). The summed E-state index contributed by atoms with van der Waals surface area (Å²) in [5.41, 5.74) is 2.27. The van der Waals surface area contributed by atoms with Gasteiger partial charge in [0.05, 0.1) is 5.69 Å². The Morgan fingerprint density at radius 2 is 1.68 bits per heavy atom. The monoisotopic (exact) mass is 416 g/mol. The van der Waals surface area contributed by atoms with E-state index in [0.29, 0.717) is 40.5 Å². The third kappa shape index (κ3) is 3.10. The first-order valence-corrected chi connectivity index (χ1v) is 11.1. The molecule has 2 heterocycles. The Morgan fingerprint density at radius 3 is 2.36 bits per heavy atom. The third-order valence-corrected chi connectivity index (χ3v) is 7.36. The SMILES string of the molecule is CN1c2ccc(Cl)cc2C(c2ccccc2)=C(C(=O)N2CCCCC2)S1(=O)=O. The maximum atomic E-state index is 13.4. The van der Waals surface area contributed by atoms with Gasteiger partial charge in [0, 0.05) is 36.3 Å². The highest BCUT2D eigenvalue weighted by atomic mass is 35.5. The van der Waals surface area contributed by atoms with Crippen molar-refractivity contribution in [3.05, 3.63) is 69.6 Å². The molecule has 5 nitrogen and oxygen atoms in total. The highest BCUT2D eigenvalue weighted by molar-refractivity contribution is 7.97. The lowest BCUT2D eigenvalue weighted by Gasteiger charge is -2.34. The number of anilines is 1. The topological polar surface area (TPSA) is 57.7 Å². The molecule has 0 bridgehead atoms. The molecule has 0 N–H and O–H groups in total. The zero-order valence-electron chi connectivity index (χ0n) is 15.6. The van der Waals surface area contributed by atoms with E-state index in [0.717, 1.165) is 19.3 Å². The second kappa shape index (κ2) is 7.26. The van der Waals surface area contributed by atoms with Crippen LogP contribution in [0.3, 0.4) is 0 Å². The normalized spacial score (nSPS) is 18.8. The van der Waals surface area contributed by atoms with E-state index in [1.165, 1.54) is 11.4 Å². The van der Waals surface area contributed by atoms with Crippen molar-refractivity contribution in [2.45, 2.75) is 19.3 Å². The van der Waals surface area contributed by atoms with Gasteiger partial charge in [0.15, 0.2) is 4.91 Å². The molecule has 2 aromatic rings. The maximum Gasteiger partial charge on any atom is 0.270 e. The first-order valence-electron chi connectivity index (χ1n) is 9.29. The number of hydrogen-bond donors (Lipinski definition) is 0. The van der Waals surface area contributed by atoms with Gasteiger partial charge in [-0.1, -0.05) is 41.9 Å². The number of fused-ring (bicyclic) bond motifs is 1. The van der Waals surface area contributed by atoms with Gasteiger partial charge in [-0.25, -0.2) is 8.42 Å². The van der Waals surface area contributed by atoms with Crippen molar-refractivity contribution in [1.82, 2.24) is 4.90 Å². The molecule has 1 fully saturated rings. The van der Waals surface area contributed by atoms with Crippen molar-refractivity contribution < 1.29 is 13.2 Å². The van der Waals surface area contributed by atoms with Crippen LogP contribution in [-0.2, 0) is 14.8 Å². The Balaban J connectivity index is 2.03. The largest absolute Gasteiger partial charge is 0.338 e. The van der Waals surface area contributed by atoms with Crippen molar-refractivity contribution in [2.24, 2.45) is 0 Å². The van der Waals surface area contributed by atoms with Crippen molar-refractivity contribution in [3.63, 3.8) is 0 Å². The van der Waals surface area contributed by atoms with Crippen LogP contribution in [0.25, 0.3) is 5.57 Å². The minimum atomic E-state index is -4.00. The zero-order valence-corrected chi connectivity index (χ0v) is 17.1. The highest BCUT2D eigenvalue weighted by Crippen LogP contribution is 2.43. The second-order valence-corrected chi connectivity index (χ2v) is 9.40. The Labute approximate surface area is 170 Å². The zero-order chi connectivity index (χ0) is 19.9. The van der Waals surface area contributed by atoms with Crippen LogP contribution in [0.15, 0.2) is 53.4 Å². The Morgan fingerprint density at radius 1 is 1.00 bits per heavy atom. The van der Waals surface area contributed by atoms with Crippen LogP contribution in [0.4, 0.5) is 5.69 Å². The van der Waals surface area contributed by atoms with Gasteiger partial charge in [0.25, 0.3) is 15.9 Å². The molecule has 0 atom stereocenters. The predicted octanol–water partition coefficient (Wildman–Crippen LogP) is 3.89. The molecule has 28 heavy (non-hydrogen) atoms. The molecule has 0 radical (unpaired) electrons. The second-order valence-electron chi connectivity index (χ2n) is 7.06. The minimum absolute atomic E-state index is 0.169. The predicted molar refractivity (Wildman–Crippen MR) is 112 cm³/mol. The molecule has 7 heteroatoms. The molecule has 2 aliphatic heterocycles. The Hall–Kier alpha value is -2.31. The summed E-state index contributed by atoms with van der Waals surface area (Å²) in [6.45, 7) is 1.15. The lowest BCUT2D eigenvalue weighted by Crippen LogP contribution is -2.43. The summed E-state index contributed by atoms with van der Waals surface area (Å²) in [6, 6.07) is 14.2. The fraction of sp³-hybridized carbons (Fsp3) is 0.286. The summed E-state index contributed by atoms with van der Waals surface area (Å²) < 4.78 is 28.0. The molecule has 2 aliphatic rings. The number of piperidine rings is 1. The molecule has 0 aliphatic carbocycles. The fourth-order valence-corrected chi connectivity index (χ4v) is 5.55. The van der Waals surface area contributed by atoms with Gasteiger partial charge in [-0.2, -0.15) is 0 Å². The van der Waals surface area contributed by atoms with Crippen molar-refractivity contribution in [1.29, 1.82) is 0 Å². The third-order valence-electron chi connectivity index (χ3n) is 5.31. The van der Waals surface area contributed by atoms with E-state index < -0.39 is 15.9 Å². The van der Waals surface area contributed by atoms with Crippen molar-refractivity contribution in [3.8, 4) is 0 Å². The summed E-state index contributed by atoms with van der Waals surface area (Å²) in [7, 11) is -2.52. The van der Waals surface area contributed by atoms with Gasteiger partial charge >= 0.3 is 0 Å². The van der Waals surface area contributed by atoms with E-state index in [2.05, 4.69) is 0 Å². The van der Waals surface area contributed by atoms with Crippen LogP contribution in [0.2, 0.25) is 5.02 Å². The lowest BCUT2D eigenvalue weighted by molar-refractivity contribution is -0.127. The number of nitrogens with zero attached hydrogens (tertiary/aromatic N) is 2. The van der Waals surface area contributed by atoms with Crippen LogP contribution in [0, 0.1) is 0 Å². The van der Waals surface area contributed by atoms with Gasteiger partial charge in [-0.05, 0) is 43.0 Å². The molecular weight excluding hydrogens is 396 g/mol. The lowest BCUT2D eigenvalue weighted by atomic mass is 9.95. The summed E-state index contributed by atoms with van der Waals surface area (Å²) >= 11 is 6.24. The van der Waals surface area contributed by atoms with Crippen LogP contribution in [0.5, 0.6) is 0 Å². The number of sulfonamides is 1. The molecule has 1 saturated heterocycles. The average Bonchev–Trinajstić information content (AvgIpc) is 2.71. The first-order chi connectivity index (χ1) is 13.4. The summed E-state index contributed by atoms with van der Waals surface area (Å²) in [6.07, 6.45) is 2.83. The number of carbonyl (C=O) groups is 1. The molecule has 0 aromatic heterocycles. The van der Waals surface area contributed by atoms with Gasteiger partial charge < -0.3 is 4.90 Å². The quantitative estimate of drug-likeness (QED) is 0.746. The number of rotatable bonds is 2. The molecule has 0 spiro atoms. The number of benzene rings is 2. The van der Waals surface area contributed by atoms with Crippen LogP contribution >= 0.6 is 11.6 Å². The molecule has 2 aromatic carbocycles. The van der Waals surface area contributed by atoms with Crippen LogP contribution in [-0.4, -0.2) is 39.4 Å². The van der Waals surface area contributed by atoms with E-state index in [-0.39, 0.29) is 4.91 Å². The molecular formula is C21H21ClN2O3S. The van der Waals surface area contributed by atoms with E-state index in [1.807, 2.05) is 30.3 Å². The van der Waals surface area contributed by atoms with Crippen LogP contribution < -0.4 is 4.31 Å². The van der Waals surface area contributed by atoms with Gasteiger partial charge in [0.2, 0.25) is 0 Å². The van der Waals surface area contributed by atoms with Crippen molar-refractivity contribution >= 4 is 38.8 Å². The number of amides is 1. The molecule has 0 saturated carbocycles. The summed E-state index contributed by atoms with van der Waals surface area (Å²) in [5, 5.41) is 0.490. The smallest absolute Gasteiger partial charge is 0.270 e. The van der Waals surface area contributed by atoms with E-state index >= 15 is 0 Å². The fourth-order valence-electron chi connectivity index (χ4n) is 3.85. The number of hydrogen-bond acceptors (Lipinski definition) is 3. The van der Waals surface area contributed by atoms with E-state index in [4.69, 9.17) is 11.6 Å². The molecule has 1 amide bonds. The minimum Gasteiger partial charge on any atom is -0.338 e. The Bertz CT molecular complexity index is 1060.